The number of allylic oxidation sites excluding steroid dienone is 2. The van der Waals surface area contributed by atoms with Crippen molar-refractivity contribution in [1.82, 2.24) is 20.1 Å². The Morgan fingerprint density at radius 2 is 1.85 bits per heavy atom. The van der Waals surface area contributed by atoms with Crippen molar-refractivity contribution in [2.24, 2.45) is 0 Å². The van der Waals surface area contributed by atoms with Crippen LogP contribution < -0.4 is 4.74 Å². The number of aromatic nitrogens is 3. The second-order valence-corrected chi connectivity index (χ2v) is 9.81. The lowest BCUT2D eigenvalue weighted by atomic mass is 9.88. The number of fused-ring (bicyclic) bond motifs is 1. The molecule has 4 rings (SSSR count). The first-order valence-electron chi connectivity index (χ1n) is 14.1. The minimum Gasteiger partial charge on any atom is -0.478 e. The van der Waals surface area contributed by atoms with Crippen LogP contribution in [0.2, 0.25) is 0 Å². The van der Waals surface area contributed by atoms with Crippen molar-refractivity contribution >= 4 is 28.0 Å². The number of aliphatic hydroxyl groups is 1. The summed E-state index contributed by atoms with van der Waals surface area (Å²) in [5, 5.41) is 15.8. The molecule has 1 amide bonds. The summed E-state index contributed by atoms with van der Waals surface area (Å²) in [4.78, 5) is 17.9. The number of benzene rings is 2. The van der Waals surface area contributed by atoms with Gasteiger partial charge >= 0.3 is 0 Å². The van der Waals surface area contributed by atoms with Crippen molar-refractivity contribution in [3.63, 3.8) is 0 Å². The van der Waals surface area contributed by atoms with Crippen molar-refractivity contribution < 1.29 is 19.0 Å². The zero-order valence-corrected chi connectivity index (χ0v) is 23.6. The first kappa shape index (κ1) is 29.7. The van der Waals surface area contributed by atoms with Gasteiger partial charge in [-0.2, -0.15) is 9.49 Å². The molecule has 2 heterocycles. The number of carbonyl (C=O) groups is 1. The maximum atomic E-state index is 14.4. The number of aromatic amines is 1. The number of amides is 1. The van der Waals surface area contributed by atoms with Crippen molar-refractivity contribution in [3.8, 4) is 5.88 Å². The van der Waals surface area contributed by atoms with Crippen LogP contribution in [0.5, 0.6) is 5.88 Å². The molecule has 0 saturated heterocycles. The van der Waals surface area contributed by atoms with E-state index in [0.717, 1.165) is 59.9 Å². The number of likely N-dealkylation sites (N-methyl/N-ethyl adjacent to an activating group) is 1. The molecule has 7 nitrogen and oxygen atoms in total. The Kier molecular flexibility index (Phi) is 10.8. The third kappa shape index (κ3) is 7.89. The van der Waals surface area contributed by atoms with Crippen LogP contribution >= 0.6 is 0 Å². The number of aliphatic hydroxyl groups excluding tert-OH is 1. The molecule has 0 aliphatic heterocycles. The number of H-pyrrole nitrogens is 1. The highest BCUT2D eigenvalue weighted by atomic mass is 19.1. The Bertz CT molecular complexity index is 1480. The topological polar surface area (TPSA) is 91.3 Å². The lowest BCUT2D eigenvalue weighted by Crippen LogP contribution is -2.27. The van der Waals surface area contributed by atoms with E-state index in [1.165, 1.54) is 4.90 Å². The molecular weight excluding hydrogens is 519 g/mol. The van der Waals surface area contributed by atoms with Gasteiger partial charge in [0.05, 0.1) is 24.1 Å². The highest BCUT2D eigenvalue weighted by Crippen LogP contribution is 2.35. The quantitative estimate of drug-likeness (QED) is 0.106. The van der Waals surface area contributed by atoms with Gasteiger partial charge in [-0.1, -0.05) is 49.4 Å². The Morgan fingerprint density at radius 3 is 2.59 bits per heavy atom. The lowest BCUT2D eigenvalue weighted by Gasteiger charge is -2.16. The highest BCUT2D eigenvalue weighted by molar-refractivity contribution is 6.00. The minimum atomic E-state index is -0.448. The Balaban J connectivity index is 1.41. The van der Waals surface area contributed by atoms with Crippen molar-refractivity contribution in [1.29, 1.82) is 0 Å². The van der Waals surface area contributed by atoms with Gasteiger partial charge in [0.1, 0.15) is 0 Å². The lowest BCUT2D eigenvalue weighted by molar-refractivity contribution is -0.125. The van der Waals surface area contributed by atoms with Gasteiger partial charge in [-0.3, -0.25) is 9.89 Å². The van der Waals surface area contributed by atoms with Gasteiger partial charge in [0.15, 0.2) is 0 Å². The van der Waals surface area contributed by atoms with Gasteiger partial charge in [0.2, 0.25) is 17.7 Å². The van der Waals surface area contributed by atoms with E-state index >= 15 is 0 Å². The van der Waals surface area contributed by atoms with E-state index in [1.54, 1.807) is 13.1 Å². The third-order valence-electron chi connectivity index (χ3n) is 6.94. The van der Waals surface area contributed by atoms with Crippen molar-refractivity contribution in [3.05, 3.63) is 102 Å². The van der Waals surface area contributed by atoms with Crippen LogP contribution in [0.1, 0.15) is 55.7 Å². The van der Waals surface area contributed by atoms with E-state index < -0.39 is 5.95 Å². The van der Waals surface area contributed by atoms with E-state index in [4.69, 9.17) is 9.84 Å². The number of nitrogens with zero attached hydrogens (tertiary/aromatic N) is 3. The summed E-state index contributed by atoms with van der Waals surface area (Å²) in [7, 11) is 1.67. The van der Waals surface area contributed by atoms with Gasteiger partial charge in [-0.25, -0.2) is 4.98 Å². The molecular formula is C33H37FN4O3. The predicted molar refractivity (Wildman–Crippen MR) is 161 cm³/mol. The van der Waals surface area contributed by atoms with Crippen LogP contribution in [0, 0.1) is 5.95 Å². The molecule has 2 N–H and O–H groups in total. The van der Waals surface area contributed by atoms with Gasteiger partial charge < -0.3 is 14.7 Å². The number of carbonyl (C=O) groups excluding carboxylic acids is 1. The fraction of sp³-hybridized carbons (Fsp3) is 0.303. The van der Waals surface area contributed by atoms with Crippen LogP contribution in [0.25, 0.3) is 22.0 Å². The molecule has 0 atom stereocenters. The summed E-state index contributed by atoms with van der Waals surface area (Å²) >= 11 is 0. The van der Waals surface area contributed by atoms with Crippen LogP contribution in [-0.4, -0.2) is 57.9 Å². The molecule has 0 unspecified atom stereocenters. The summed E-state index contributed by atoms with van der Waals surface area (Å²) in [6.45, 7) is 2.97. The molecule has 4 aromatic rings. The standard InChI is InChI=1S/C33H37FN4O3/c1-3-27(24-12-8-7-9-13-24)32(25-15-17-29-28(22-25)33(34)37-36-29)26-16-18-30(35-23-26)41-21-11-6-4-5-10-14-31(40)38(2)19-20-39/h7-10,12-18,22-23,39H,3-6,11,19-21H2,1-2H3,(H,36,37)/b14-10+,32-27-. The molecule has 0 spiro atoms. The first-order chi connectivity index (χ1) is 20.0. The second kappa shape index (κ2) is 14.9. The van der Waals surface area contributed by atoms with E-state index in [0.29, 0.717) is 29.9 Å². The van der Waals surface area contributed by atoms with Gasteiger partial charge in [-0.05, 0) is 78.7 Å². The summed E-state index contributed by atoms with van der Waals surface area (Å²) in [5.41, 5.74) is 5.64. The smallest absolute Gasteiger partial charge is 0.246 e. The zero-order chi connectivity index (χ0) is 29.0. The van der Waals surface area contributed by atoms with Gasteiger partial charge in [-0.15, -0.1) is 0 Å². The van der Waals surface area contributed by atoms with Gasteiger partial charge in [0.25, 0.3) is 0 Å². The van der Waals surface area contributed by atoms with E-state index in [2.05, 4.69) is 34.2 Å². The maximum absolute atomic E-state index is 14.4. The predicted octanol–water partition coefficient (Wildman–Crippen LogP) is 6.41. The molecule has 214 valence electrons. The number of hydrogen-bond donors (Lipinski definition) is 2. The van der Waals surface area contributed by atoms with Crippen molar-refractivity contribution in [2.75, 3.05) is 26.8 Å². The molecule has 0 radical (unpaired) electrons. The highest BCUT2D eigenvalue weighted by Gasteiger charge is 2.16. The number of unbranched alkanes of at least 4 members (excludes halogenated alkanes) is 3. The largest absolute Gasteiger partial charge is 0.478 e. The summed E-state index contributed by atoms with van der Waals surface area (Å²) < 4.78 is 20.3. The molecule has 2 aromatic carbocycles. The average Bonchev–Trinajstić information content (AvgIpc) is 3.37. The molecule has 0 aliphatic rings. The Morgan fingerprint density at radius 1 is 1.05 bits per heavy atom. The average molecular weight is 557 g/mol. The number of nitrogens with one attached hydrogen (secondary N) is 1. The maximum Gasteiger partial charge on any atom is 0.246 e. The Labute approximate surface area is 240 Å². The normalized spacial score (nSPS) is 12.1. The van der Waals surface area contributed by atoms with Crippen LogP contribution in [0.15, 0.2) is 79.0 Å². The third-order valence-corrected chi connectivity index (χ3v) is 6.94. The molecule has 0 aliphatic carbocycles. The molecule has 2 aromatic heterocycles. The van der Waals surface area contributed by atoms with Crippen LogP contribution in [0.4, 0.5) is 4.39 Å². The van der Waals surface area contributed by atoms with E-state index in [-0.39, 0.29) is 12.5 Å². The summed E-state index contributed by atoms with van der Waals surface area (Å²) in [5.74, 6) is 0.00882. The second-order valence-electron chi connectivity index (χ2n) is 9.81. The van der Waals surface area contributed by atoms with Crippen LogP contribution in [-0.2, 0) is 4.79 Å². The fourth-order valence-electron chi connectivity index (χ4n) is 4.72. The molecule has 8 heteroatoms. The van der Waals surface area contributed by atoms with Crippen LogP contribution in [0.3, 0.4) is 0 Å². The van der Waals surface area contributed by atoms with Crippen molar-refractivity contribution in [2.45, 2.75) is 39.0 Å². The molecule has 41 heavy (non-hydrogen) atoms. The number of rotatable bonds is 14. The van der Waals surface area contributed by atoms with E-state index in [1.807, 2.05) is 60.8 Å². The van der Waals surface area contributed by atoms with Gasteiger partial charge in [0, 0.05) is 31.4 Å². The van der Waals surface area contributed by atoms with E-state index in [9.17, 15) is 9.18 Å². The number of ether oxygens (including phenoxy) is 1. The first-order valence-corrected chi connectivity index (χ1v) is 14.1. The molecule has 0 bridgehead atoms. The number of pyridine rings is 1. The molecule has 0 saturated carbocycles. The molecule has 0 fully saturated rings. The monoisotopic (exact) mass is 556 g/mol. The summed E-state index contributed by atoms with van der Waals surface area (Å²) in [6, 6.07) is 19.7. The zero-order valence-electron chi connectivity index (χ0n) is 23.6. The SMILES string of the molecule is CC/C(=C(/c1ccc(OCCCCC/C=C/C(=O)N(C)CCO)nc1)c1ccc2n[nH]c(F)c2c1)c1ccccc1. The number of hydrogen-bond acceptors (Lipinski definition) is 5. The Hall–Kier alpha value is -4.30. The summed E-state index contributed by atoms with van der Waals surface area (Å²) in [6.07, 6.45) is 9.66. The minimum absolute atomic E-state index is 0.0392. The fourth-order valence-corrected chi connectivity index (χ4v) is 4.72. The number of halogens is 1.